The maximum Gasteiger partial charge on any atom is 0.337 e. The molecular formula is C14H18N2O3. The van der Waals surface area contributed by atoms with Crippen molar-refractivity contribution in [1.82, 2.24) is 9.88 Å². The van der Waals surface area contributed by atoms with Gasteiger partial charge in [-0.1, -0.05) is 6.92 Å². The van der Waals surface area contributed by atoms with Crippen molar-refractivity contribution in [2.24, 2.45) is 0 Å². The third kappa shape index (κ3) is 2.92. The summed E-state index contributed by atoms with van der Waals surface area (Å²) in [5.74, 6) is -1.13. The molecule has 0 radical (unpaired) electrons. The van der Waals surface area contributed by atoms with Crippen molar-refractivity contribution in [3.8, 4) is 0 Å². The molecule has 0 saturated carbocycles. The maximum atomic E-state index is 12.4. The summed E-state index contributed by atoms with van der Waals surface area (Å²) in [4.78, 5) is 29.0. The fourth-order valence-corrected chi connectivity index (χ4v) is 2.49. The smallest absolute Gasteiger partial charge is 0.337 e. The zero-order chi connectivity index (χ0) is 13.8. The van der Waals surface area contributed by atoms with Crippen LogP contribution in [0.1, 0.15) is 53.5 Å². The van der Waals surface area contributed by atoms with Crippen LogP contribution < -0.4 is 0 Å². The first-order valence-electron chi connectivity index (χ1n) is 6.63. The van der Waals surface area contributed by atoms with Crippen LogP contribution in [0.25, 0.3) is 0 Å². The van der Waals surface area contributed by atoms with E-state index in [1.807, 2.05) is 4.90 Å². The SMILES string of the molecule is CCC1CCCCN1C(=O)c1ccc(C(=O)O)cn1. The summed E-state index contributed by atoms with van der Waals surface area (Å²) in [6, 6.07) is 3.20. The first-order chi connectivity index (χ1) is 9.13. The number of hydrogen-bond acceptors (Lipinski definition) is 3. The highest BCUT2D eigenvalue weighted by molar-refractivity contribution is 5.94. The van der Waals surface area contributed by atoms with Gasteiger partial charge in [0.15, 0.2) is 0 Å². The molecule has 0 bridgehead atoms. The van der Waals surface area contributed by atoms with Crippen molar-refractivity contribution in [2.75, 3.05) is 6.54 Å². The summed E-state index contributed by atoms with van der Waals surface area (Å²) in [6.45, 7) is 2.84. The van der Waals surface area contributed by atoms with Gasteiger partial charge in [0.2, 0.25) is 0 Å². The van der Waals surface area contributed by atoms with Crippen LogP contribution in [0.5, 0.6) is 0 Å². The van der Waals surface area contributed by atoms with Gasteiger partial charge in [0.05, 0.1) is 5.56 Å². The van der Waals surface area contributed by atoms with Crippen molar-refractivity contribution < 1.29 is 14.7 Å². The molecule has 0 spiro atoms. The van der Waals surface area contributed by atoms with Crippen molar-refractivity contribution in [3.63, 3.8) is 0 Å². The van der Waals surface area contributed by atoms with E-state index in [0.29, 0.717) is 5.69 Å². The number of aromatic carboxylic acids is 1. The number of carboxylic acid groups (broad SMARTS) is 1. The highest BCUT2D eigenvalue weighted by Crippen LogP contribution is 2.21. The van der Waals surface area contributed by atoms with Crippen LogP contribution in [0.4, 0.5) is 0 Å². The first-order valence-corrected chi connectivity index (χ1v) is 6.63. The highest BCUT2D eigenvalue weighted by atomic mass is 16.4. The topological polar surface area (TPSA) is 70.5 Å². The van der Waals surface area contributed by atoms with Crippen LogP contribution >= 0.6 is 0 Å². The van der Waals surface area contributed by atoms with E-state index in [-0.39, 0.29) is 17.5 Å². The molecule has 1 aromatic heterocycles. The van der Waals surface area contributed by atoms with Crippen LogP contribution in [0, 0.1) is 0 Å². The molecule has 1 unspecified atom stereocenters. The minimum atomic E-state index is -1.03. The normalized spacial score (nSPS) is 19.2. The molecule has 1 fully saturated rings. The average molecular weight is 262 g/mol. The van der Waals surface area contributed by atoms with E-state index in [1.165, 1.54) is 18.3 Å². The Hall–Kier alpha value is -1.91. The molecular weight excluding hydrogens is 244 g/mol. The predicted octanol–water partition coefficient (Wildman–Crippen LogP) is 2.18. The lowest BCUT2D eigenvalue weighted by Crippen LogP contribution is -2.43. The summed E-state index contributed by atoms with van der Waals surface area (Å²) in [5, 5.41) is 8.81. The number of carbonyl (C=O) groups is 2. The fourth-order valence-electron chi connectivity index (χ4n) is 2.49. The predicted molar refractivity (Wildman–Crippen MR) is 70.2 cm³/mol. The van der Waals surface area contributed by atoms with Crippen LogP contribution in [-0.2, 0) is 0 Å². The van der Waals surface area contributed by atoms with E-state index in [4.69, 9.17) is 5.11 Å². The van der Waals surface area contributed by atoms with E-state index in [0.717, 1.165) is 32.2 Å². The number of piperidine rings is 1. The van der Waals surface area contributed by atoms with Crippen molar-refractivity contribution >= 4 is 11.9 Å². The van der Waals surface area contributed by atoms with Crippen molar-refractivity contribution in [1.29, 1.82) is 0 Å². The molecule has 1 amide bonds. The van der Waals surface area contributed by atoms with Gasteiger partial charge >= 0.3 is 5.97 Å². The third-order valence-electron chi connectivity index (χ3n) is 3.59. The van der Waals surface area contributed by atoms with E-state index < -0.39 is 5.97 Å². The molecule has 0 aliphatic carbocycles. The molecule has 1 N–H and O–H groups in total. The number of pyridine rings is 1. The number of likely N-dealkylation sites (tertiary alicyclic amines) is 1. The van der Waals surface area contributed by atoms with Crippen molar-refractivity contribution in [3.05, 3.63) is 29.6 Å². The van der Waals surface area contributed by atoms with Gasteiger partial charge in [-0.25, -0.2) is 4.79 Å². The van der Waals surface area contributed by atoms with E-state index in [2.05, 4.69) is 11.9 Å². The Balaban J connectivity index is 2.16. The second-order valence-corrected chi connectivity index (χ2v) is 4.79. The molecule has 102 valence electrons. The second kappa shape index (κ2) is 5.82. The maximum absolute atomic E-state index is 12.4. The van der Waals surface area contributed by atoms with Crippen LogP contribution in [0.15, 0.2) is 18.3 Å². The zero-order valence-electron chi connectivity index (χ0n) is 11.0. The lowest BCUT2D eigenvalue weighted by molar-refractivity contribution is 0.0599. The lowest BCUT2D eigenvalue weighted by atomic mass is 9.99. The molecule has 2 rings (SSSR count). The third-order valence-corrected chi connectivity index (χ3v) is 3.59. The summed E-state index contributed by atoms with van der Waals surface area (Å²) >= 11 is 0. The number of carboxylic acids is 1. The van der Waals surface area contributed by atoms with Crippen LogP contribution in [0.2, 0.25) is 0 Å². The lowest BCUT2D eigenvalue weighted by Gasteiger charge is -2.35. The summed E-state index contributed by atoms with van der Waals surface area (Å²) in [7, 11) is 0. The highest BCUT2D eigenvalue weighted by Gasteiger charge is 2.26. The Morgan fingerprint density at radius 3 is 2.79 bits per heavy atom. The van der Waals surface area contributed by atoms with Gasteiger partial charge in [-0.15, -0.1) is 0 Å². The van der Waals surface area contributed by atoms with Gasteiger partial charge in [-0.05, 0) is 37.8 Å². The monoisotopic (exact) mass is 262 g/mol. The molecule has 1 aliphatic heterocycles. The second-order valence-electron chi connectivity index (χ2n) is 4.79. The minimum absolute atomic E-state index is 0.0940. The van der Waals surface area contributed by atoms with Gasteiger partial charge in [0.1, 0.15) is 5.69 Å². The molecule has 1 aliphatic rings. The fraction of sp³-hybridized carbons (Fsp3) is 0.500. The molecule has 1 atom stereocenters. The van der Waals surface area contributed by atoms with Gasteiger partial charge in [0, 0.05) is 18.8 Å². The van der Waals surface area contributed by atoms with E-state index in [9.17, 15) is 9.59 Å². The van der Waals surface area contributed by atoms with Crippen LogP contribution in [0.3, 0.4) is 0 Å². The minimum Gasteiger partial charge on any atom is -0.478 e. The summed E-state index contributed by atoms with van der Waals surface area (Å²) in [5.41, 5.74) is 0.424. The Kier molecular flexibility index (Phi) is 4.14. The van der Waals surface area contributed by atoms with Gasteiger partial charge in [-0.2, -0.15) is 0 Å². The Bertz CT molecular complexity index is 470. The van der Waals surface area contributed by atoms with E-state index in [1.54, 1.807) is 0 Å². The molecule has 19 heavy (non-hydrogen) atoms. The number of carbonyl (C=O) groups excluding carboxylic acids is 1. The number of amides is 1. The number of hydrogen-bond donors (Lipinski definition) is 1. The molecule has 2 heterocycles. The van der Waals surface area contributed by atoms with Gasteiger partial charge < -0.3 is 10.0 Å². The quantitative estimate of drug-likeness (QED) is 0.906. The Labute approximate surface area is 112 Å². The number of aromatic nitrogens is 1. The number of nitrogens with zero attached hydrogens (tertiary/aromatic N) is 2. The summed E-state index contributed by atoms with van der Waals surface area (Å²) < 4.78 is 0. The first kappa shape index (κ1) is 13.5. The van der Waals surface area contributed by atoms with Gasteiger partial charge in [-0.3, -0.25) is 9.78 Å². The number of rotatable bonds is 3. The molecule has 1 saturated heterocycles. The van der Waals surface area contributed by atoms with Gasteiger partial charge in [0.25, 0.3) is 5.91 Å². The zero-order valence-corrected chi connectivity index (χ0v) is 11.0. The van der Waals surface area contributed by atoms with E-state index >= 15 is 0 Å². The molecule has 0 aromatic carbocycles. The van der Waals surface area contributed by atoms with Crippen LogP contribution in [-0.4, -0.2) is 39.5 Å². The molecule has 1 aromatic rings. The Morgan fingerprint density at radius 1 is 1.42 bits per heavy atom. The van der Waals surface area contributed by atoms with Crippen molar-refractivity contribution in [2.45, 2.75) is 38.6 Å². The Morgan fingerprint density at radius 2 is 2.21 bits per heavy atom. The average Bonchev–Trinajstić information content (AvgIpc) is 2.46. The summed E-state index contributed by atoms with van der Waals surface area (Å²) in [6.07, 6.45) is 5.40. The molecule has 5 nitrogen and oxygen atoms in total. The largest absolute Gasteiger partial charge is 0.478 e. The standard InChI is InChI=1S/C14H18N2O3/c1-2-11-5-3-4-8-16(11)13(17)12-7-6-10(9-15-12)14(18)19/h6-7,9,11H,2-5,8H2,1H3,(H,18,19). The molecule has 5 heteroatoms.